The molecule has 6 heteroatoms. The lowest BCUT2D eigenvalue weighted by Gasteiger charge is -2.37. The van der Waals surface area contributed by atoms with Crippen LogP contribution in [-0.2, 0) is 14.3 Å². The van der Waals surface area contributed by atoms with Gasteiger partial charge in [-0.05, 0) is 85.4 Å². The lowest BCUT2D eigenvalue weighted by atomic mass is 9.63. The van der Waals surface area contributed by atoms with Gasteiger partial charge in [-0.3, -0.25) is 19.3 Å². The van der Waals surface area contributed by atoms with Gasteiger partial charge in [0.05, 0.1) is 23.1 Å². The molecule has 34 heavy (non-hydrogen) atoms. The summed E-state index contributed by atoms with van der Waals surface area (Å²) >= 11 is 0. The van der Waals surface area contributed by atoms with E-state index < -0.39 is 5.97 Å². The normalized spacial score (nSPS) is 30.2. The molecule has 0 N–H and O–H groups in total. The molecule has 6 unspecified atom stereocenters. The monoisotopic (exact) mass is 455 g/mol. The van der Waals surface area contributed by atoms with Crippen molar-refractivity contribution in [1.29, 1.82) is 0 Å². The number of hydrogen-bond donors (Lipinski definition) is 0. The Hall–Kier alpha value is -3.54. The van der Waals surface area contributed by atoms with Crippen molar-refractivity contribution in [3.63, 3.8) is 0 Å². The number of aryl methyl sites for hydroxylation is 2. The minimum absolute atomic E-state index is 0.131. The number of nitrogens with zero attached hydrogens (tertiary/aromatic N) is 1. The molecule has 1 heterocycles. The van der Waals surface area contributed by atoms with Crippen LogP contribution < -0.4 is 4.90 Å². The molecule has 2 saturated carbocycles. The molecule has 2 aromatic rings. The smallest absolute Gasteiger partial charge is 0.338 e. The maximum absolute atomic E-state index is 13.2. The standard InChI is InChI=1S/C28H25NO5/c1-14-3-4-17(11-15(14)2)23(30)13-34-28(33)16-5-7-18(8-6-16)29-26(31)24-19-9-10-20(22-12-21(19)22)25(24)27(29)32/h3-11,19-22,24-25H,12-13H2,1-2H3. The van der Waals surface area contributed by atoms with E-state index >= 15 is 0 Å². The molecule has 2 amide bonds. The van der Waals surface area contributed by atoms with Crippen LogP contribution in [0.2, 0.25) is 0 Å². The van der Waals surface area contributed by atoms with Crippen molar-refractivity contribution in [2.75, 3.05) is 11.5 Å². The molecule has 2 bridgehead atoms. The number of Topliss-reactive ketones (excluding diaryl/α,β-unsaturated/α-hetero) is 1. The second kappa shape index (κ2) is 7.49. The fourth-order valence-electron chi connectivity index (χ4n) is 6.17. The highest BCUT2D eigenvalue weighted by molar-refractivity contribution is 6.22. The van der Waals surface area contributed by atoms with E-state index in [2.05, 4.69) is 12.2 Å². The van der Waals surface area contributed by atoms with Gasteiger partial charge in [0.1, 0.15) is 0 Å². The second-order valence-electron chi connectivity index (χ2n) is 10.0. The van der Waals surface area contributed by atoms with Gasteiger partial charge < -0.3 is 4.74 Å². The Labute approximate surface area is 197 Å². The molecule has 5 aliphatic rings. The van der Waals surface area contributed by atoms with Crippen molar-refractivity contribution in [2.45, 2.75) is 20.3 Å². The summed E-state index contributed by atoms with van der Waals surface area (Å²) in [7, 11) is 0. The third kappa shape index (κ3) is 3.08. The first kappa shape index (κ1) is 21.0. The number of imide groups is 1. The van der Waals surface area contributed by atoms with E-state index in [4.69, 9.17) is 4.74 Å². The van der Waals surface area contributed by atoms with Crippen LogP contribution in [0.1, 0.15) is 38.3 Å². The highest BCUT2D eigenvalue weighted by Gasteiger charge is 2.67. The molecule has 1 aliphatic heterocycles. The maximum Gasteiger partial charge on any atom is 0.338 e. The summed E-state index contributed by atoms with van der Waals surface area (Å²) in [6, 6.07) is 11.6. The molecule has 172 valence electrons. The van der Waals surface area contributed by atoms with Gasteiger partial charge in [0.15, 0.2) is 12.4 Å². The van der Waals surface area contributed by atoms with Crippen LogP contribution >= 0.6 is 0 Å². The zero-order valence-corrected chi connectivity index (χ0v) is 19.1. The number of amides is 2. The fourth-order valence-corrected chi connectivity index (χ4v) is 6.17. The summed E-state index contributed by atoms with van der Waals surface area (Å²) in [4.78, 5) is 52.6. The maximum atomic E-state index is 13.2. The minimum atomic E-state index is -0.626. The summed E-state index contributed by atoms with van der Waals surface area (Å²) in [5.41, 5.74) is 3.32. The van der Waals surface area contributed by atoms with Crippen molar-refractivity contribution in [1.82, 2.24) is 0 Å². The van der Waals surface area contributed by atoms with E-state index in [1.165, 1.54) is 17.0 Å². The average molecular weight is 456 g/mol. The van der Waals surface area contributed by atoms with E-state index in [0.717, 1.165) is 17.5 Å². The van der Waals surface area contributed by atoms with Crippen LogP contribution in [-0.4, -0.2) is 30.2 Å². The van der Waals surface area contributed by atoms with Gasteiger partial charge in [-0.15, -0.1) is 0 Å². The Morgan fingerprint density at radius 2 is 1.44 bits per heavy atom. The van der Waals surface area contributed by atoms with Crippen LogP contribution in [0, 0.1) is 49.4 Å². The second-order valence-corrected chi connectivity index (χ2v) is 10.0. The molecule has 7 rings (SSSR count). The van der Waals surface area contributed by atoms with Crippen molar-refractivity contribution in [3.8, 4) is 0 Å². The van der Waals surface area contributed by atoms with E-state index in [1.54, 1.807) is 24.3 Å². The van der Waals surface area contributed by atoms with E-state index in [0.29, 0.717) is 23.1 Å². The highest BCUT2D eigenvalue weighted by atomic mass is 16.5. The van der Waals surface area contributed by atoms with Gasteiger partial charge >= 0.3 is 5.97 Å². The summed E-state index contributed by atoms with van der Waals surface area (Å²) < 4.78 is 5.21. The van der Waals surface area contributed by atoms with E-state index in [-0.39, 0.29) is 53.4 Å². The third-order valence-electron chi connectivity index (χ3n) is 8.19. The van der Waals surface area contributed by atoms with Crippen LogP contribution in [0.3, 0.4) is 0 Å². The molecular formula is C28H25NO5. The van der Waals surface area contributed by atoms with Gasteiger partial charge in [-0.25, -0.2) is 4.79 Å². The first-order valence-electron chi connectivity index (χ1n) is 11.8. The molecule has 1 saturated heterocycles. The molecule has 0 radical (unpaired) electrons. The highest BCUT2D eigenvalue weighted by Crippen LogP contribution is 2.65. The van der Waals surface area contributed by atoms with Crippen LogP contribution in [0.5, 0.6) is 0 Å². The van der Waals surface area contributed by atoms with Crippen LogP contribution in [0.4, 0.5) is 5.69 Å². The summed E-state index contributed by atoms with van der Waals surface area (Å²) in [5.74, 6) is -0.226. The molecular weight excluding hydrogens is 430 g/mol. The number of ketones is 1. The van der Waals surface area contributed by atoms with Gasteiger partial charge in [-0.2, -0.15) is 0 Å². The van der Waals surface area contributed by atoms with Crippen molar-refractivity contribution < 1.29 is 23.9 Å². The molecule has 2 aromatic carbocycles. The Kier molecular flexibility index (Phi) is 4.63. The largest absolute Gasteiger partial charge is 0.454 e. The number of benzene rings is 2. The van der Waals surface area contributed by atoms with Crippen molar-refractivity contribution >= 4 is 29.3 Å². The van der Waals surface area contributed by atoms with Gasteiger partial charge in [0.25, 0.3) is 0 Å². The third-order valence-corrected chi connectivity index (χ3v) is 8.19. The average Bonchev–Trinajstić information content (AvgIpc) is 3.62. The predicted molar refractivity (Wildman–Crippen MR) is 124 cm³/mol. The Morgan fingerprint density at radius 3 is 2.03 bits per heavy atom. The van der Waals surface area contributed by atoms with E-state index in [9.17, 15) is 19.2 Å². The van der Waals surface area contributed by atoms with Crippen molar-refractivity contribution in [2.24, 2.45) is 35.5 Å². The number of ether oxygens (including phenoxy) is 1. The van der Waals surface area contributed by atoms with Gasteiger partial charge in [0, 0.05) is 5.56 Å². The molecule has 6 nitrogen and oxygen atoms in total. The number of hydrogen-bond acceptors (Lipinski definition) is 5. The minimum Gasteiger partial charge on any atom is -0.454 e. The SMILES string of the molecule is Cc1ccc(C(=O)COC(=O)c2ccc(N3C(=O)C4C5C=CC(C6CC56)C4C3=O)cc2)cc1C. The first-order chi connectivity index (χ1) is 16.3. The predicted octanol–water partition coefficient (Wildman–Crippen LogP) is 3.90. The topological polar surface area (TPSA) is 80.8 Å². The number of anilines is 1. The Morgan fingerprint density at radius 1 is 0.853 bits per heavy atom. The van der Waals surface area contributed by atoms with Crippen LogP contribution in [0.15, 0.2) is 54.6 Å². The molecule has 3 fully saturated rings. The lowest BCUT2D eigenvalue weighted by Crippen LogP contribution is -2.40. The quantitative estimate of drug-likeness (QED) is 0.296. The molecule has 6 atom stereocenters. The summed E-state index contributed by atoms with van der Waals surface area (Å²) in [5, 5.41) is 0. The van der Waals surface area contributed by atoms with Gasteiger partial charge in [-0.1, -0.05) is 24.3 Å². The number of allylic oxidation sites excluding steroid dienone is 2. The number of carbonyl (C=O) groups excluding carboxylic acids is 4. The molecule has 0 spiro atoms. The zero-order chi connectivity index (χ0) is 23.7. The first-order valence-corrected chi connectivity index (χ1v) is 11.8. The fraction of sp³-hybridized carbons (Fsp3) is 0.357. The summed E-state index contributed by atoms with van der Waals surface area (Å²) in [6.07, 6.45) is 5.42. The molecule has 0 aromatic heterocycles. The summed E-state index contributed by atoms with van der Waals surface area (Å²) in [6.45, 7) is 3.54. The molecule has 4 aliphatic carbocycles. The number of carbonyl (C=O) groups is 4. The zero-order valence-electron chi connectivity index (χ0n) is 19.1. The lowest BCUT2D eigenvalue weighted by molar-refractivity contribution is -0.124. The van der Waals surface area contributed by atoms with Crippen molar-refractivity contribution in [3.05, 3.63) is 76.9 Å². The van der Waals surface area contributed by atoms with E-state index in [1.807, 2.05) is 19.9 Å². The number of rotatable bonds is 5. The van der Waals surface area contributed by atoms with Crippen LogP contribution in [0.25, 0.3) is 0 Å². The van der Waals surface area contributed by atoms with Gasteiger partial charge in [0.2, 0.25) is 11.8 Å². The Balaban J connectivity index is 1.13. The number of esters is 1. The Bertz CT molecular complexity index is 1240.